The molecule has 8 heteroatoms. The summed E-state index contributed by atoms with van der Waals surface area (Å²) in [5, 5.41) is 16.9. The first-order chi connectivity index (χ1) is 18.1. The van der Waals surface area contributed by atoms with Crippen LogP contribution in [0.2, 0.25) is 0 Å². The fourth-order valence-electron chi connectivity index (χ4n) is 6.55. The van der Waals surface area contributed by atoms with Crippen LogP contribution < -0.4 is 5.32 Å². The fourth-order valence-corrected chi connectivity index (χ4v) is 6.55. The first-order valence-corrected chi connectivity index (χ1v) is 13.7. The van der Waals surface area contributed by atoms with E-state index in [0.29, 0.717) is 13.1 Å². The summed E-state index contributed by atoms with van der Waals surface area (Å²) in [6.45, 7) is 4.35. The second kappa shape index (κ2) is 10.4. The van der Waals surface area contributed by atoms with Gasteiger partial charge in [0, 0.05) is 81.4 Å². The van der Waals surface area contributed by atoms with Gasteiger partial charge in [-0.25, -0.2) is 9.07 Å². The average Bonchev–Trinajstić information content (AvgIpc) is 3.59. The van der Waals surface area contributed by atoms with E-state index in [-0.39, 0.29) is 29.7 Å². The minimum atomic E-state index is -0.822. The van der Waals surface area contributed by atoms with Crippen molar-refractivity contribution in [2.75, 3.05) is 39.3 Å². The van der Waals surface area contributed by atoms with Gasteiger partial charge in [0.05, 0.1) is 17.8 Å². The van der Waals surface area contributed by atoms with Crippen LogP contribution in [0.25, 0.3) is 11.1 Å². The van der Waals surface area contributed by atoms with Crippen LogP contribution >= 0.6 is 0 Å². The lowest BCUT2D eigenvalue weighted by atomic mass is 9.82. The summed E-state index contributed by atoms with van der Waals surface area (Å²) in [6.07, 6.45) is 7.51. The molecule has 1 aromatic heterocycles. The molecule has 1 amide bonds. The number of carbonyl (C=O) groups excluding carboxylic acids is 1. The molecule has 3 aliphatic heterocycles. The molecule has 7 nitrogen and oxygen atoms in total. The number of benzene rings is 1. The Morgan fingerprint density at radius 1 is 1.03 bits per heavy atom. The van der Waals surface area contributed by atoms with Crippen LogP contribution in [0.15, 0.2) is 41.6 Å². The second-order valence-corrected chi connectivity index (χ2v) is 11.0. The van der Waals surface area contributed by atoms with Gasteiger partial charge in [0.2, 0.25) is 5.91 Å². The molecular formula is C29H35FN6O. The molecule has 0 radical (unpaired) electrons. The lowest BCUT2D eigenvalue weighted by Crippen LogP contribution is -2.51. The number of piperazine rings is 1. The highest BCUT2D eigenvalue weighted by Gasteiger charge is 2.34. The van der Waals surface area contributed by atoms with Crippen LogP contribution in [-0.4, -0.2) is 72.0 Å². The Morgan fingerprint density at radius 2 is 1.78 bits per heavy atom. The molecule has 1 aliphatic carbocycles. The molecule has 0 spiro atoms. The molecular weight excluding hydrogens is 467 g/mol. The lowest BCUT2D eigenvalue weighted by Gasteiger charge is -2.41. The van der Waals surface area contributed by atoms with Crippen LogP contribution in [0.4, 0.5) is 4.39 Å². The molecule has 1 saturated carbocycles. The second-order valence-electron chi connectivity index (χ2n) is 11.0. The number of aromatic nitrogens is 1. The largest absolute Gasteiger partial charge is 0.340 e. The van der Waals surface area contributed by atoms with E-state index >= 15 is 0 Å². The minimum absolute atomic E-state index is 0.0663. The highest BCUT2D eigenvalue weighted by molar-refractivity contribution is 5.79. The Hall–Kier alpha value is -3.02. The third-order valence-corrected chi connectivity index (χ3v) is 8.84. The van der Waals surface area contributed by atoms with Gasteiger partial charge < -0.3 is 10.2 Å². The van der Waals surface area contributed by atoms with Crippen molar-refractivity contribution in [3.63, 3.8) is 0 Å². The normalized spacial score (nSPS) is 30.2. The van der Waals surface area contributed by atoms with Crippen molar-refractivity contribution in [3.8, 4) is 17.2 Å². The summed E-state index contributed by atoms with van der Waals surface area (Å²) in [7, 11) is 0. The van der Waals surface area contributed by atoms with Crippen molar-refractivity contribution in [3.05, 3.63) is 47.8 Å². The zero-order valence-corrected chi connectivity index (χ0v) is 21.2. The number of hydrogen-bond acceptors (Lipinski definition) is 5. The Kier molecular flexibility index (Phi) is 6.83. The number of rotatable bonds is 4. The molecule has 2 saturated heterocycles. The fraction of sp³-hybridized carbons (Fsp3) is 0.552. The molecule has 4 aliphatic rings. The van der Waals surface area contributed by atoms with E-state index in [9.17, 15) is 9.18 Å². The van der Waals surface area contributed by atoms with Gasteiger partial charge in [0.15, 0.2) is 0 Å². The zero-order valence-electron chi connectivity index (χ0n) is 21.2. The zero-order chi connectivity index (χ0) is 25.4. The van der Waals surface area contributed by atoms with Gasteiger partial charge in [-0.3, -0.25) is 9.69 Å². The summed E-state index contributed by atoms with van der Waals surface area (Å²) >= 11 is 0. The van der Waals surface area contributed by atoms with Crippen molar-refractivity contribution in [1.82, 2.24) is 19.8 Å². The number of halogens is 1. The van der Waals surface area contributed by atoms with Crippen molar-refractivity contribution < 1.29 is 9.18 Å². The summed E-state index contributed by atoms with van der Waals surface area (Å²) in [4.78, 5) is 17.6. The maximum atomic E-state index is 14.1. The number of nitrogens with zero attached hydrogens (tertiary/aromatic N) is 5. The van der Waals surface area contributed by atoms with E-state index in [1.807, 2.05) is 15.8 Å². The number of alkyl halides is 1. The highest BCUT2D eigenvalue weighted by atomic mass is 19.1. The SMILES string of the molecule is N#CC1CCC(C(=O)N2CCN(C3CC=Nn4cc(-c5ccc(C6CNCC6F)cc5)cc43)CC2)CC1. The summed E-state index contributed by atoms with van der Waals surface area (Å²) < 4.78 is 16.1. The molecule has 194 valence electrons. The van der Waals surface area contributed by atoms with Gasteiger partial charge in [0.25, 0.3) is 0 Å². The quantitative estimate of drug-likeness (QED) is 0.687. The number of nitrogens with one attached hydrogen (secondary N) is 1. The standard InChI is InChI=1S/C29H35FN6O/c30-26-18-32-17-25(26)22-7-5-21(6-8-22)24-15-28-27(9-10-33-36(28)19-24)34-11-13-35(14-12-34)29(37)23-3-1-20(16-31)2-4-23/h5-8,10,15,19-20,23,25-27,32H,1-4,9,11-14,17-18H2. The van der Waals surface area contributed by atoms with Gasteiger partial charge in [0.1, 0.15) is 6.17 Å². The van der Waals surface area contributed by atoms with Gasteiger partial charge in [-0.15, -0.1) is 0 Å². The third kappa shape index (κ3) is 4.83. The van der Waals surface area contributed by atoms with Gasteiger partial charge in [-0.2, -0.15) is 10.4 Å². The van der Waals surface area contributed by atoms with E-state index < -0.39 is 6.17 Å². The smallest absolute Gasteiger partial charge is 0.225 e. The van der Waals surface area contributed by atoms with Crippen molar-refractivity contribution in [2.24, 2.45) is 16.9 Å². The molecule has 6 rings (SSSR count). The molecule has 1 aromatic carbocycles. The number of amides is 1. The Balaban J connectivity index is 1.10. The van der Waals surface area contributed by atoms with Crippen LogP contribution in [0.3, 0.4) is 0 Å². The molecule has 3 unspecified atom stereocenters. The van der Waals surface area contributed by atoms with E-state index in [1.165, 1.54) is 5.69 Å². The Labute approximate surface area is 217 Å². The summed E-state index contributed by atoms with van der Waals surface area (Å²) in [5.41, 5.74) is 4.46. The van der Waals surface area contributed by atoms with Crippen LogP contribution in [0.1, 0.15) is 55.3 Å². The van der Waals surface area contributed by atoms with E-state index in [0.717, 1.165) is 75.0 Å². The van der Waals surface area contributed by atoms with Gasteiger partial charge >= 0.3 is 0 Å². The van der Waals surface area contributed by atoms with Crippen molar-refractivity contribution >= 4 is 12.1 Å². The molecule has 3 atom stereocenters. The molecule has 37 heavy (non-hydrogen) atoms. The number of carbonyl (C=O) groups is 1. The maximum absolute atomic E-state index is 14.1. The van der Waals surface area contributed by atoms with Gasteiger partial charge in [-0.1, -0.05) is 24.3 Å². The van der Waals surface area contributed by atoms with E-state index in [2.05, 4.69) is 57.9 Å². The number of nitriles is 1. The lowest BCUT2D eigenvalue weighted by molar-refractivity contribution is -0.138. The molecule has 2 aromatic rings. The van der Waals surface area contributed by atoms with Crippen LogP contribution in [0.5, 0.6) is 0 Å². The Morgan fingerprint density at radius 3 is 2.46 bits per heavy atom. The topological polar surface area (TPSA) is 76.7 Å². The predicted octanol–water partition coefficient (Wildman–Crippen LogP) is 3.93. The first kappa shape index (κ1) is 24.3. The summed E-state index contributed by atoms with van der Waals surface area (Å²) in [6, 6.07) is 13.1. The Bertz CT molecular complexity index is 1180. The average molecular weight is 503 g/mol. The van der Waals surface area contributed by atoms with E-state index in [1.54, 1.807) is 0 Å². The maximum Gasteiger partial charge on any atom is 0.225 e. The third-order valence-electron chi connectivity index (χ3n) is 8.84. The highest BCUT2D eigenvalue weighted by Crippen LogP contribution is 2.35. The number of hydrogen-bond donors (Lipinski definition) is 1. The molecule has 0 bridgehead atoms. The molecule has 3 fully saturated rings. The van der Waals surface area contributed by atoms with Crippen LogP contribution in [0, 0.1) is 23.2 Å². The minimum Gasteiger partial charge on any atom is -0.340 e. The monoisotopic (exact) mass is 502 g/mol. The van der Waals surface area contributed by atoms with Crippen molar-refractivity contribution in [2.45, 2.75) is 50.2 Å². The summed E-state index contributed by atoms with van der Waals surface area (Å²) in [5.74, 6) is 0.427. The van der Waals surface area contributed by atoms with E-state index in [4.69, 9.17) is 5.26 Å². The number of fused-ring (bicyclic) bond motifs is 1. The van der Waals surface area contributed by atoms with Gasteiger partial charge in [-0.05, 0) is 42.9 Å². The first-order valence-electron chi connectivity index (χ1n) is 13.7. The molecule has 1 N–H and O–H groups in total. The van der Waals surface area contributed by atoms with Crippen LogP contribution in [-0.2, 0) is 4.79 Å². The van der Waals surface area contributed by atoms with Crippen molar-refractivity contribution in [1.29, 1.82) is 5.26 Å². The molecule has 4 heterocycles. The predicted molar refractivity (Wildman–Crippen MR) is 141 cm³/mol.